The number of hydrogen-bond acceptors (Lipinski definition) is 2. The van der Waals surface area contributed by atoms with Gasteiger partial charge < -0.3 is 15.3 Å². The SMILES string of the molecule is C[C@@H]1[C@H](C)CCC[C@H]1NC(=O)N1CCC(O)CC1. The lowest BCUT2D eigenvalue weighted by Crippen LogP contribution is -2.51. The Hall–Kier alpha value is -0.770. The van der Waals surface area contributed by atoms with Crippen LogP contribution in [0.1, 0.15) is 46.0 Å². The van der Waals surface area contributed by atoms with Crippen LogP contribution >= 0.6 is 0 Å². The highest BCUT2D eigenvalue weighted by atomic mass is 16.3. The maximum Gasteiger partial charge on any atom is 0.317 e. The molecule has 2 fully saturated rings. The fourth-order valence-corrected chi connectivity index (χ4v) is 3.10. The highest BCUT2D eigenvalue weighted by Gasteiger charge is 2.30. The van der Waals surface area contributed by atoms with Gasteiger partial charge in [-0.25, -0.2) is 4.79 Å². The Labute approximate surface area is 110 Å². The van der Waals surface area contributed by atoms with E-state index in [4.69, 9.17) is 0 Å². The summed E-state index contributed by atoms with van der Waals surface area (Å²) in [6, 6.07) is 0.390. The van der Waals surface area contributed by atoms with Crippen molar-refractivity contribution in [1.82, 2.24) is 10.2 Å². The van der Waals surface area contributed by atoms with E-state index in [2.05, 4.69) is 19.2 Å². The number of rotatable bonds is 1. The monoisotopic (exact) mass is 254 g/mol. The predicted molar refractivity (Wildman–Crippen MR) is 71.3 cm³/mol. The molecule has 2 rings (SSSR count). The summed E-state index contributed by atoms with van der Waals surface area (Å²) in [5, 5.41) is 12.6. The number of nitrogens with zero attached hydrogens (tertiary/aromatic N) is 1. The first-order valence-corrected chi connectivity index (χ1v) is 7.31. The van der Waals surface area contributed by atoms with E-state index in [1.807, 2.05) is 4.90 Å². The fourth-order valence-electron chi connectivity index (χ4n) is 3.10. The first-order chi connectivity index (χ1) is 8.58. The zero-order valence-corrected chi connectivity index (χ0v) is 11.6. The van der Waals surface area contributed by atoms with Crippen molar-refractivity contribution in [2.45, 2.75) is 58.1 Å². The molecule has 1 aliphatic heterocycles. The Morgan fingerprint density at radius 2 is 1.83 bits per heavy atom. The molecule has 18 heavy (non-hydrogen) atoms. The molecule has 0 radical (unpaired) electrons. The molecule has 1 saturated carbocycles. The van der Waals surface area contributed by atoms with Gasteiger partial charge in [-0.3, -0.25) is 0 Å². The van der Waals surface area contributed by atoms with E-state index in [9.17, 15) is 9.90 Å². The van der Waals surface area contributed by atoms with Gasteiger partial charge in [0.25, 0.3) is 0 Å². The van der Waals surface area contributed by atoms with E-state index >= 15 is 0 Å². The number of carbonyl (C=O) groups excluding carboxylic acids is 1. The van der Waals surface area contributed by atoms with Gasteiger partial charge >= 0.3 is 6.03 Å². The minimum atomic E-state index is -0.220. The van der Waals surface area contributed by atoms with Crippen molar-refractivity contribution in [2.24, 2.45) is 11.8 Å². The van der Waals surface area contributed by atoms with Gasteiger partial charge in [-0.15, -0.1) is 0 Å². The van der Waals surface area contributed by atoms with Gasteiger partial charge in [-0.1, -0.05) is 26.7 Å². The van der Waals surface area contributed by atoms with Gasteiger partial charge in [-0.2, -0.15) is 0 Å². The standard InChI is InChI=1S/C14H26N2O2/c1-10-4-3-5-13(11(10)2)15-14(18)16-8-6-12(17)7-9-16/h10-13,17H,3-9H2,1-2H3,(H,15,18)/t10-,11-,13-/m1/s1. The van der Waals surface area contributed by atoms with Crippen molar-refractivity contribution in [1.29, 1.82) is 0 Å². The summed E-state index contributed by atoms with van der Waals surface area (Å²) >= 11 is 0. The lowest BCUT2D eigenvalue weighted by Gasteiger charge is -2.37. The minimum absolute atomic E-state index is 0.0628. The molecule has 2 N–H and O–H groups in total. The minimum Gasteiger partial charge on any atom is -0.393 e. The Kier molecular flexibility index (Phi) is 4.49. The number of hydrogen-bond donors (Lipinski definition) is 2. The van der Waals surface area contributed by atoms with Crippen LogP contribution in [-0.2, 0) is 0 Å². The molecule has 1 saturated heterocycles. The lowest BCUT2D eigenvalue weighted by atomic mass is 9.78. The number of urea groups is 1. The second-order valence-electron chi connectivity index (χ2n) is 6.04. The van der Waals surface area contributed by atoms with E-state index in [1.54, 1.807) is 0 Å². The average molecular weight is 254 g/mol. The van der Waals surface area contributed by atoms with Gasteiger partial charge in [0.1, 0.15) is 0 Å². The number of aliphatic hydroxyl groups excluding tert-OH is 1. The molecule has 0 aromatic heterocycles. The lowest BCUT2D eigenvalue weighted by molar-refractivity contribution is 0.0902. The maximum atomic E-state index is 12.2. The molecule has 1 heterocycles. The Bertz CT molecular complexity index is 288. The smallest absolute Gasteiger partial charge is 0.317 e. The first-order valence-electron chi connectivity index (χ1n) is 7.31. The Morgan fingerprint density at radius 3 is 2.50 bits per heavy atom. The van der Waals surface area contributed by atoms with Crippen LogP contribution in [0.5, 0.6) is 0 Å². The third-order valence-corrected chi connectivity index (χ3v) is 4.77. The van der Waals surface area contributed by atoms with Gasteiger partial charge in [0.2, 0.25) is 0 Å². The molecule has 2 amide bonds. The molecule has 0 aromatic rings. The molecule has 0 spiro atoms. The maximum absolute atomic E-state index is 12.2. The van der Waals surface area contributed by atoms with Crippen LogP contribution in [0.4, 0.5) is 4.79 Å². The quantitative estimate of drug-likeness (QED) is 0.752. The molecule has 0 unspecified atom stereocenters. The Morgan fingerprint density at radius 1 is 1.17 bits per heavy atom. The van der Waals surface area contributed by atoms with Gasteiger partial charge in [-0.05, 0) is 31.1 Å². The molecule has 0 aromatic carbocycles. The van der Waals surface area contributed by atoms with Gasteiger partial charge in [0.05, 0.1) is 6.10 Å². The molecule has 4 heteroatoms. The molecule has 0 bridgehead atoms. The van der Waals surface area contributed by atoms with Crippen molar-refractivity contribution in [3.8, 4) is 0 Å². The molecule has 1 aliphatic carbocycles. The van der Waals surface area contributed by atoms with Crippen LogP contribution in [-0.4, -0.2) is 41.3 Å². The summed E-state index contributed by atoms with van der Waals surface area (Å²) in [5.41, 5.74) is 0. The fraction of sp³-hybridized carbons (Fsp3) is 0.929. The number of carbonyl (C=O) groups is 1. The van der Waals surface area contributed by atoms with Crippen molar-refractivity contribution in [2.75, 3.05) is 13.1 Å². The molecule has 2 aliphatic rings. The van der Waals surface area contributed by atoms with Crippen LogP contribution in [0.2, 0.25) is 0 Å². The number of nitrogens with one attached hydrogen (secondary N) is 1. The van der Waals surface area contributed by atoms with Crippen LogP contribution < -0.4 is 5.32 Å². The van der Waals surface area contributed by atoms with Crippen LogP contribution in [0.25, 0.3) is 0 Å². The third kappa shape index (κ3) is 3.16. The topological polar surface area (TPSA) is 52.6 Å². The largest absolute Gasteiger partial charge is 0.393 e. The number of likely N-dealkylation sites (tertiary alicyclic amines) is 1. The second-order valence-corrected chi connectivity index (χ2v) is 6.04. The highest BCUT2D eigenvalue weighted by molar-refractivity contribution is 5.74. The highest BCUT2D eigenvalue weighted by Crippen LogP contribution is 2.29. The number of aliphatic hydroxyl groups is 1. The molecular formula is C14H26N2O2. The van der Waals surface area contributed by atoms with E-state index in [1.165, 1.54) is 12.8 Å². The summed E-state index contributed by atoms with van der Waals surface area (Å²) < 4.78 is 0. The molecule has 4 nitrogen and oxygen atoms in total. The normalized spacial score (nSPS) is 34.4. The summed E-state index contributed by atoms with van der Waals surface area (Å²) in [6.07, 6.45) is 4.81. The van der Waals surface area contributed by atoms with Crippen molar-refractivity contribution in [3.05, 3.63) is 0 Å². The van der Waals surface area contributed by atoms with Gasteiger partial charge in [0, 0.05) is 19.1 Å². The second kappa shape index (κ2) is 5.91. The number of amides is 2. The van der Waals surface area contributed by atoms with E-state index in [-0.39, 0.29) is 12.1 Å². The zero-order chi connectivity index (χ0) is 13.1. The predicted octanol–water partition coefficient (Wildman–Crippen LogP) is 1.98. The van der Waals surface area contributed by atoms with Gasteiger partial charge in [0.15, 0.2) is 0 Å². The first kappa shape index (κ1) is 13.7. The van der Waals surface area contributed by atoms with Crippen LogP contribution in [0.3, 0.4) is 0 Å². The summed E-state index contributed by atoms with van der Waals surface area (Å²) in [6.45, 7) is 5.89. The van der Waals surface area contributed by atoms with E-state index < -0.39 is 0 Å². The average Bonchev–Trinajstić information content (AvgIpc) is 2.36. The molecule has 3 atom stereocenters. The summed E-state index contributed by atoms with van der Waals surface area (Å²) in [5.74, 6) is 1.27. The number of piperidine rings is 1. The van der Waals surface area contributed by atoms with E-state index in [0.717, 1.165) is 6.42 Å². The summed E-state index contributed by atoms with van der Waals surface area (Å²) in [4.78, 5) is 14.0. The van der Waals surface area contributed by atoms with Crippen molar-refractivity contribution < 1.29 is 9.90 Å². The molecular weight excluding hydrogens is 228 g/mol. The third-order valence-electron chi connectivity index (χ3n) is 4.77. The molecule has 104 valence electrons. The van der Waals surface area contributed by atoms with E-state index in [0.29, 0.717) is 43.8 Å². The van der Waals surface area contributed by atoms with Crippen molar-refractivity contribution in [3.63, 3.8) is 0 Å². The van der Waals surface area contributed by atoms with Crippen LogP contribution in [0, 0.1) is 11.8 Å². The summed E-state index contributed by atoms with van der Waals surface area (Å²) in [7, 11) is 0. The zero-order valence-electron chi connectivity index (χ0n) is 11.6. The Balaban J connectivity index is 1.83. The van der Waals surface area contributed by atoms with Crippen molar-refractivity contribution >= 4 is 6.03 Å². The van der Waals surface area contributed by atoms with Crippen LogP contribution in [0.15, 0.2) is 0 Å².